The number of H-pyrrole nitrogens is 1. The molecule has 0 aliphatic carbocycles. The van der Waals surface area contributed by atoms with Crippen LogP contribution in [0.5, 0.6) is 5.75 Å². The molecule has 104 valence electrons. The Labute approximate surface area is 116 Å². The van der Waals surface area contributed by atoms with Gasteiger partial charge in [0, 0.05) is 23.6 Å². The van der Waals surface area contributed by atoms with Crippen molar-refractivity contribution in [3.8, 4) is 5.75 Å². The van der Waals surface area contributed by atoms with Crippen LogP contribution in [-0.4, -0.2) is 17.5 Å². The summed E-state index contributed by atoms with van der Waals surface area (Å²) in [6.45, 7) is 4.25. The van der Waals surface area contributed by atoms with Crippen molar-refractivity contribution in [2.75, 3.05) is 11.9 Å². The maximum atomic E-state index is 12.0. The highest BCUT2D eigenvalue weighted by molar-refractivity contribution is 6.03. The van der Waals surface area contributed by atoms with Crippen LogP contribution in [0.3, 0.4) is 0 Å². The minimum atomic E-state index is -0.435. The van der Waals surface area contributed by atoms with Crippen LogP contribution >= 0.6 is 0 Å². The largest absolute Gasteiger partial charge is 0.494 e. The standard InChI is InChI=1S/C15H16N2O3/c1-3-20-12-6-4-11(5-7-12)17-15(19)13-9-16-10(2)8-14(13)18/h4-9H,3H2,1-2H3,(H,16,18)(H,17,19). The Morgan fingerprint density at radius 3 is 2.60 bits per heavy atom. The lowest BCUT2D eigenvalue weighted by Gasteiger charge is -2.07. The number of amides is 1. The molecule has 0 spiro atoms. The molecule has 2 rings (SSSR count). The van der Waals surface area contributed by atoms with Crippen molar-refractivity contribution >= 4 is 11.6 Å². The molecule has 0 bridgehead atoms. The maximum Gasteiger partial charge on any atom is 0.261 e. The lowest BCUT2D eigenvalue weighted by molar-refractivity contribution is 0.102. The lowest BCUT2D eigenvalue weighted by atomic mass is 10.2. The number of anilines is 1. The van der Waals surface area contributed by atoms with Gasteiger partial charge in [-0.15, -0.1) is 0 Å². The number of aromatic amines is 1. The quantitative estimate of drug-likeness (QED) is 0.897. The number of pyridine rings is 1. The third-order valence-corrected chi connectivity index (χ3v) is 2.73. The number of nitrogens with one attached hydrogen (secondary N) is 2. The molecule has 1 aromatic heterocycles. The van der Waals surface area contributed by atoms with Crippen molar-refractivity contribution in [1.29, 1.82) is 0 Å². The molecule has 0 unspecified atom stereocenters. The Morgan fingerprint density at radius 1 is 1.30 bits per heavy atom. The number of ether oxygens (including phenoxy) is 1. The fourth-order valence-electron chi connectivity index (χ4n) is 1.75. The third-order valence-electron chi connectivity index (χ3n) is 2.73. The average molecular weight is 272 g/mol. The minimum absolute atomic E-state index is 0.0875. The molecule has 1 heterocycles. The van der Waals surface area contributed by atoms with Crippen LogP contribution in [0.25, 0.3) is 0 Å². The van der Waals surface area contributed by atoms with Crippen LogP contribution in [-0.2, 0) is 0 Å². The first-order valence-corrected chi connectivity index (χ1v) is 6.33. The summed E-state index contributed by atoms with van der Waals surface area (Å²) < 4.78 is 5.32. The Morgan fingerprint density at radius 2 is 2.00 bits per heavy atom. The zero-order chi connectivity index (χ0) is 14.5. The predicted octanol–water partition coefficient (Wildman–Crippen LogP) is 2.33. The molecular weight excluding hydrogens is 256 g/mol. The molecule has 1 amide bonds. The topological polar surface area (TPSA) is 71.2 Å². The Hall–Kier alpha value is -2.56. The van der Waals surface area contributed by atoms with Gasteiger partial charge in [-0.05, 0) is 38.1 Å². The highest BCUT2D eigenvalue weighted by atomic mass is 16.5. The zero-order valence-electron chi connectivity index (χ0n) is 11.4. The predicted molar refractivity (Wildman–Crippen MR) is 77.4 cm³/mol. The molecule has 0 saturated carbocycles. The van der Waals surface area contributed by atoms with Crippen molar-refractivity contribution in [2.45, 2.75) is 13.8 Å². The number of aromatic nitrogens is 1. The van der Waals surface area contributed by atoms with E-state index in [-0.39, 0.29) is 11.0 Å². The summed E-state index contributed by atoms with van der Waals surface area (Å²) in [6, 6.07) is 8.38. The van der Waals surface area contributed by atoms with E-state index in [9.17, 15) is 9.59 Å². The second kappa shape index (κ2) is 6.06. The molecule has 5 nitrogen and oxygen atoms in total. The van der Waals surface area contributed by atoms with E-state index in [1.165, 1.54) is 12.3 Å². The van der Waals surface area contributed by atoms with Crippen molar-refractivity contribution in [3.63, 3.8) is 0 Å². The van der Waals surface area contributed by atoms with Gasteiger partial charge >= 0.3 is 0 Å². The number of rotatable bonds is 4. The van der Waals surface area contributed by atoms with Crippen LogP contribution in [0, 0.1) is 6.92 Å². The second-order valence-corrected chi connectivity index (χ2v) is 4.31. The van der Waals surface area contributed by atoms with Gasteiger partial charge in [0.15, 0.2) is 5.43 Å². The first kappa shape index (κ1) is 13.9. The van der Waals surface area contributed by atoms with Gasteiger partial charge in [0.05, 0.1) is 6.61 Å². The van der Waals surface area contributed by atoms with Gasteiger partial charge in [-0.1, -0.05) is 0 Å². The molecule has 2 N–H and O–H groups in total. The van der Waals surface area contributed by atoms with Crippen molar-refractivity contribution in [1.82, 2.24) is 4.98 Å². The van der Waals surface area contributed by atoms with Gasteiger partial charge in [0.25, 0.3) is 5.91 Å². The molecule has 0 aliphatic heterocycles. The van der Waals surface area contributed by atoms with Gasteiger partial charge in [-0.25, -0.2) is 0 Å². The van der Waals surface area contributed by atoms with Gasteiger partial charge in [-0.3, -0.25) is 9.59 Å². The molecule has 0 saturated heterocycles. The van der Waals surface area contributed by atoms with Crippen LogP contribution in [0.1, 0.15) is 23.0 Å². The van der Waals surface area contributed by atoms with Crippen LogP contribution in [0.15, 0.2) is 41.3 Å². The summed E-state index contributed by atoms with van der Waals surface area (Å²) in [6.07, 6.45) is 1.42. The smallest absolute Gasteiger partial charge is 0.261 e. The van der Waals surface area contributed by atoms with Crippen LogP contribution < -0.4 is 15.5 Å². The third kappa shape index (κ3) is 3.26. The number of hydrogen-bond acceptors (Lipinski definition) is 3. The van der Waals surface area contributed by atoms with Gasteiger partial charge < -0.3 is 15.0 Å². The van der Waals surface area contributed by atoms with E-state index in [1.807, 2.05) is 6.92 Å². The van der Waals surface area contributed by atoms with E-state index in [0.29, 0.717) is 18.0 Å². The van der Waals surface area contributed by atoms with E-state index in [0.717, 1.165) is 5.75 Å². The number of hydrogen-bond donors (Lipinski definition) is 2. The highest BCUT2D eigenvalue weighted by Crippen LogP contribution is 2.15. The molecule has 0 fully saturated rings. The van der Waals surface area contributed by atoms with Crippen LogP contribution in [0.2, 0.25) is 0 Å². The summed E-state index contributed by atoms with van der Waals surface area (Å²) in [4.78, 5) is 26.6. The summed E-state index contributed by atoms with van der Waals surface area (Å²) in [5.41, 5.74) is 1.11. The first-order valence-electron chi connectivity index (χ1n) is 6.33. The maximum absolute atomic E-state index is 12.0. The number of aryl methyl sites for hydroxylation is 1. The summed E-state index contributed by atoms with van der Waals surface area (Å²) in [5.74, 6) is 0.300. The van der Waals surface area contributed by atoms with Crippen molar-refractivity contribution in [3.05, 3.63) is 58.0 Å². The van der Waals surface area contributed by atoms with Crippen molar-refractivity contribution < 1.29 is 9.53 Å². The number of benzene rings is 1. The van der Waals surface area contributed by atoms with Gasteiger partial charge in [0.1, 0.15) is 11.3 Å². The lowest BCUT2D eigenvalue weighted by Crippen LogP contribution is -2.21. The second-order valence-electron chi connectivity index (χ2n) is 4.31. The van der Waals surface area contributed by atoms with E-state index in [2.05, 4.69) is 10.3 Å². The fourth-order valence-corrected chi connectivity index (χ4v) is 1.75. The van der Waals surface area contributed by atoms with E-state index >= 15 is 0 Å². The van der Waals surface area contributed by atoms with Gasteiger partial charge in [0.2, 0.25) is 0 Å². The molecule has 5 heteroatoms. The molecule has 0 radical (unpaired) electrons. The Balaban J connectivity index is 2.13. The average Bonchev–Trinajstić information content (AvgIpc) is 2.41. The number of carbonyl (C=O) groups is 1. The van der Waals surface area contributed by atoms with E-state index in [4.69, 9.17) is 4.74 Å². The zero-order valence-corrected chi connectivity index (χ0v) is 11.4. The van der Waals surface area contributed by atoms with E-state index < -0.39 is 5.91 Å². The molecule has 0 atom stereocenters. The highest BCUT2D eigenvalue weighted by Gasteiger charge is 2.10. The van der Waals surface area contributed by atoms with Crippen LogP contribution in [0.4, 0.5) is 5.69 Å². The molecule has 2 aromatic rings. The summed E-state index contributed by atoms with van der Waals surface area (Å²) in [7, 11) is 0. The summed E-state index contributed by atoms with van der Waals surface area (Å²) in [5, 5.41) is 2.67. The molecular formula is C15H16N2O3. The number of carbonyl (C=O) groups excluding carboxylic acids is 1. The monoisotopic (exact) mass is 272 g/mol. The van der Waals surface area contributed by atoms with Gasteiger partial charge in [-0.2, -0.15) is 0 Å². The SMILES string of the molecule is CCOc1ccc(NC(=O)c2c[nH]c(C)cc2=O)cc1. The fraction of sp³-hybridized carbons (Fsp3) is 0.200. The molecule has 1 aromatic carbocycles. The first-order chi connectivity index (χ1) is 9.60. The van der Waals surface area contributed by atoms with Crippen molar-refractivity contribution in [2.24, 2.45) is 0 Å². The minimum Gasteiger partial charge on any atom is -0.494 e. The Kier molecular flexibility index (Phi) is 4.20. The summed E-state index contributed by atoms with van der Waals surface area (Å²) >= 11 is 0. The molecule has 0 aliphatic rings. The molecule has 20 heavy (non-hydrogen) atoms. The Bertz CT molecular complexity index is 660. The van der Waals surface area contributed by atoms with E-state index in [1.54, 1.807) is 31.2 Å². The normalized spacial score (nSPS) is 10.1.